The zero-order chi connectivity index (χ0) is 20.8. The van der Waals surface area contributed by atoms with Crippen molar-refractivity contribution in [3.8, 4) is 17.2 Å². The number of hydrogen-bond acceptors (Lipinski definition) is 4. The Morgan fingerprint density at radius 3 is 2.71 bits per heavy atom. The molecule has 6 nitrogen and oxygen atoms in total. The van der Waals surface area contributed by atoms with Crippen LogP contribution in [-0.2, 0) is 17.8 Å². The Kier molecular flexibility index (Phi) is 8.07. The Labute approximate surface area is 197 Å². The predicted octanol–water partition coefficient (Wildman–Crippen LogP) is 5.07. The van der Waals surface area contributed by atoms with E-state index in [2.05, 4.69) is 10.3 Å². The molecule has 0 bridgehead atoms. The van der Waals surface area contributed by atoms with Crippen LogP contribution in [0.4, 0.5) is 10.1 Å². The molecule has 0 saturated heterocycles. The molecule has 0 unspecified atom stereocenters. The van der Waals surface area contributed by atoms with Crippen molar-refractivity contribution in [1.82, 2.24) is 0 Å². The summed E-state index contributed by atoms with van der Waals surface area (Å²) in [5.41, 5.74) is 8.23. The van der Waals surface area contributed by atoms with Gasteiger partial charge in [0.1, 0.15) is 23.1 Å². The van der Waals surface area contributed by atoms with Crippen LogP contribution >= 0.6 is 24.0 Å². The zero-order valence-electron chi connectivity index (χ0n) is 16.7. The summed E-state index contributed by atoms with van der Waals surface area (Å²) in [6, 6.07) is 19.9. The van der Waals surface area contributed by atoms with Gasteiger partial charge < -0.3 is 25.3 Å². The highest BCUT2D eigenvalue weighted by Crippen LogP contribution is 2.30. The van der Waals surface area contributed by atoms with Crippen molar-refractivity contribution in [3.63, 3.8) is 0 Å². The van der Waals surface area contributed by atoms with Crippen molar-refractivity contribution in [3.05, 3.63) is 83.7 Å². The van der Waals surface area contributed by atoms with E-state index in [1.54, 1.807) is 0 Å². The van der Waals surface area contributed by atoms with Crippen LogP contribution in [-0.4, -0.2) is 19.3 Å². The molecule has 31 heavy (non-hydrogen) atoms. The molecule has 8 heteroatoms. The first-order valence-electron chi connectivity index (χ1n) is 9.59. The zero-order valence-corrected chi connectivity index (χ0v) is 19.0. The van der Waals surface area contributed by atoms with Crippen molar-refractivity contribution in [2.75, 3.05) is 18.7 Å². The maximum Gasteiger partial charge on any atom is 0.193 e. The number of anilines is 1. The van der Waals surface area contributed by atoms with Crippen molar-refractivity contribution in [2.45, 2.75) is 13.0 Å². The van der Waals surface area contributed by atoms with Gasteiger partial charge in [0.15, 0.2) is 12.8 Å². The second-order valence-corrected chi connectivity index (χ2v) is 6.75. The first-order valence-corrected chi connectivity index (χ1v) is 9.59. The number of ether oxygens (including phenoxy) is 3. The largest absolute Gasteiger partial charge is 0.467 e. The number of aliphatic imine (C=N–C) groups is 1. The summed E-state index contributed by atoms with van der Waals surface area (Å²) in [5, 5.41) is 3.05. The van der Waals surface area contributed by atoms with Crippen LogP contribution in [0.25, 0.3) is 0 Å². The molecule has 3 N–H and O–H groups in total. The fourth-order valence-corrected chi connectivity index (χ4v) is 3.19. The van der Waals surface area contributed by atoms with Gasteiger partial charge in [0.25, 0.3) is 0 Å². The lowest BCUT2D eigenvalue weighted by Crippen LogP contribution is -2.23. The number of nitrogens with two attached hydrogens (primary N) is 1. The van der Waals surface area contributed by atoms with Crippen LogP contribution in [0.15, 0.2) is 71.7 Å². The number of halogens is 2. The maximum atomic E-state index is 13.8. The summed E-state index contributed by atoms with van der Waals surface area (Å²) in [6.45, 7) is 0.896. The molecule has 0 saturated carbocycles. The molecule has 4 rings (SSSR count). The van der Waals surface area contributed by atoms with Crippen LogP contribution in [0, 0.1) is 5.82 Å². The van der Waals surface area contributed by atoms with E-state index in [1.165, 1.54) is 12.1 Å². The van der Waals surface area contributed by atoms with Gasteiger partial charge in [-0.3, -0.25) is 4.99 Å². The smallest absolute Gasteiger partial charge is 0.193 e. The van der Waals surface area contributed by atoms with Gasteiger partial charge in [-0.1, -0.05) is 24.3 Å². The van der Waals surface area contributed by atoms with Gasteiger partial charge in [0.2, 0.25) is 0 Å². The average Bonchev–Trinajstić information content (AvgIpc) is 2.74. The molecule has 3 aromatic carbocycles. The molecule has 0 fully saturated rings. The third-order valence-electron chi connectivity index (χ3n) is 4.50. The van der Waals surface area contributed by atoms with E-state index >= 15 is 0 Å². The van der Waals surface area contributed by atoms with Gasteiger partial charge in [-0.15, -0.1) is 24.0 Å². The van der Waals surface area contributed by atoms with E-state index in [-0.39, 0.29) is 42.5 Å². The second-order valence-electron chi connectivity index (χ2n) is 6.75. The Bertz CT molecular complexity index is 1050. The number of nitrogens with zero attached hydrogens (tertiary/aromatic N) is 1. The molecule has 1 heterocycles. The van der Waals surface area contributed by atoms with E-state index in [0.717, 1.165) is 17.0 Å². The molecule has 0 aromatic heterocycles. The minimum atomic E-state index is -0.317. The van der Waals surface area contributed by atoms with Crippen molar-refractivity contribution >= 4 is 35.6 Å². The van der Waals surface area contributed by atoms with Crippen molar-refractivity contribution < 1.29 is 18.6 Å². The maximum absolute atomic E-state index is 13.8. The van der Waals surface area contributed by atoms with E-state index in [9.17, 15) is 4.39 Å². The quantitative estimate of drug-likeness (QED) is 0.262. The number of benzene rings is 3. The SMILES string of the molecule is I.NC(=NCCc1cc(F)cc2c1OCOC2)Nc1cccc(Oc2ccccc2)c1. The van der Waals surface area contributed by atoms with E-state index in [4.69, 9.17) is 19.9 Å². The summed E-state index contributed by atoms with van der Waals surface area (Å²) in [5.74, 6) is 2.06. The number of rotatable bonds is 6. The van der Waals surface area contributed by atoms with Gasteiger partial charge in [0, 0.05) is 23.9 Å². The number of fused-ring (bicyclic) bond motifs is 1. The third kappa shape index (κ3) is 6.31. The molecular weight excluding hydrogens is 512 g/mol. The summed E-state index contributed by atoms with van der Waals surface area (Å²) in [4.78, 5) is 4.34. The minimum absolute atomic E-state index is 0. The molecule has 0 amide bonds. The van der Waals surface area contributed by atoms with Crippen molar-refractivity contribution in [1.29, 1.82) is 0 Å². The van der Waals surface area contributed by atoms with E-state index in [0.29, 0.717) is 36.6 Å². The third-order valence-corrected chi connectivity index (χ3v) is 4.50. The Hall–Kier alpha value is -2.85. The number of nitrogens with one attached hydrogen (secondary N) is 1. The molecule has 1 aliphatic heterocycles. The monoisotopic (exact) mass is 535 g/mol. The summed E-state index contributed by atoms with van der Waals surface area (Å²) in [6.07, 6.45) is 0.500. The first-order chi connectivity index (χ1) is 14.7. The number of guanidine groups is 1. The Morgan fingerprint density at radius 1 is 1.06 bits per heavy atom. The van der Waals surface area contributed by atoms with Crippen LogP contribution < -0.4 is 20.5 Å². The minimum Gasteiger partial charge on any atom is -0.467 e. The highest BCUT2D eigenvalue weighted by molar-refractivity contribution is 14.0. The van der Waals surface area contributed by atoms with Crippen LogP contribution in [0.3, 0.4) is 0 Å². The second kappa shape index (κ2) is 11.0. The number of hydrogen-bond donors (Lipinski definition) is 2. The fraction of sp³-hybridized carbons (Fsp3) is 0.174. The Morgan fingerprint density at radius 2 is 1.87 bits per heavy atom. The lowest BCUT2D eigenvalue weighted by molar-refractivity contribution is -0.0172. The molecule has 1 aliphatic rings. The van der Waals surface area contributed by atoms with Crippen molar-refractivity contribution in [2.24, 2.45) is 10.7 Å². The first kappa shape index (κ1) is 22.8. The molecule has 0 radical (unpaired) electrons. The van der Waals surface area contributed by atoms with Gasteiger partial charge in [-0.05, 0) is 48.4 Å². The molecule has 0 atom stereocenters. The van der Waals surface area contributed by atoms with Crippen LogP contribution in [0.2, 0.25) is 0 Å². The van der Waals surface area contributed by atoms with E-state index < -0.39 is 0 Å². The predicted molar refractivity (Wildman–Crippen MR) is 129 cm³/mol. The standard InChI is InChI=1S/C23H22FN3O3.HI/c24-18-11-16(22-17(12-18)14-28-15-29-22)9-10-26-23(25)27-19-5-4-8-21(13-19)30-20-6-2-1-3-7-20;/h1-8,11-13H,9-10,14-15H2,(H3,25,26,27);1H. The number of para-hydroxylation sites is 1. The van der Waals surface area contributed by atoms with E-state index in [1.807, 2.05) is 54.6 Å². The van der Waals surface area contributed by atoms with Crippen LogP contribution in [0.5, 0.6) is 17.2 Å². The molecular formula is C23H23FIN3O3. The topological polar surface area (TPSA) is 78.1 Å². The average molecular weight is 535 g/mol. The highest BCUT2D eigenvalue weighted by atomic mass is 127. The lowest BCUT2D eigenvalue weighted by atomic mass is 10.1. The normalized spacial score (nSPS) is 12.9. The fourth-order valence-electron chi connectivity index (χ4n) is 3.19. The molecule has 3 aromatic rings. The van der Waals surface area contributed by atoms with Gasteiger partial charge >= 0.3 is 0 Å². The summed E-state index contributed by atoms with van der Waals surface area (Å²) in [7, 11) is 0. The molecule has 162 valence electrons. The molecule has 0 aliphatic carbocycles. The van der Waals surface area contributed by atoms with Gasteiger partial charge in [-0.25, -0.2) is 4.39 Å². The summed E-state index contributed by atoms with van der Waals surface area (Å²) < 4.78 is 30.4. The summed E-state index contributed by atoms with van der Waals surface area (Å²) >= 11 is 0. The Balaban J connectivity index is 0.00000272. The molecule has 0 spiro atoms. The van der Waals surface area contributed by atoms with Gasteiger partial charge in [-0.2, -0.15) is 0 Å². The van der Waals surface area contributed by atoms with Crippen LogP contribution in [0.1, 0.15) is 11.1 Å². The lowest BCUT2D eigenvalue weighted by Gasteiger charge is -2.20. The highest BCUT2D eigenvalue weighted by Gasteiger charge is 2.16. The van der Waals surface area contributed by atoms with Gasteiger partial charge in [0.05, 0.1) is 6.61 Å².